The lowest BCUT2D eigenvalue weighted by Crippen LogP contribution is -2.46. The number of carbonyl (C=O) groups excluding carboxylic acids is 4. The molecule has 0 bridgehead atoms. The van der Waals surface area contributed by atoms with Crippen LogP contribution in [0.2, 0.25) is 0 Å². The molecule has 1 aliphatic heterocycles. The van der Waals surface area contributed by atoms with Gasteiger partial charge in [0.25, 0.3) is 0 Å². The molecule has 9 nitrogen and oxygen atoms in total. The summed E-state index contributed by atoms with van der Waals surface area (Å²) >= 11 is 0. The Balaban J connectivity index is 2.91. The lowest BCUT2D eigenvalue weighted by atomic mass is 10.1. The van der Waals surface area contributed by atoms with Crippen LogP contribution in [0.25, 0.3) is 0 Å². The number of carbonyl (C=O) groups is 4. The minimum Gasteiger partial charge on any atom is -0.462 e. The van der Waals surface area contributed by atoms with Crippen molar-refractivity contribution in [3.8, 4) is 0 Å². The number of hydrogen-bond acceptors (Lipinski definition) is 9. The largest absolute Gasteiger partial charge is 0.462 e. The van der Waals surface area contributed by atoms with Gasteiger partial charge in [0.2, 0.25) is 0 Å². The van der Waals surface area contributed by atoms with E-state index in [-0.39, 0.29) is 13.2 Å². The van der Waals surface area contributed by atoms with Crippen LogP contribution in [0.3, 0.4) is 0 Å². The Hall–Kier alpha value is -2.16. The molecule has 0 spiro atoms. The van der Waals surface area contributed by atoms with Crippen molar-refractivity contribution in [2.45, 2.75) is 52.1 Å². The van der Waals surface area contributed by atoms with E-state index < -0.39 is 48.3 Å². The third-order valence-electron chi connectivity index (χ3n) is 2.90. The van der Waals surface area contributed by atoms with E-state index in [0.29, 0.717) is 0 Å². The molecule has 130 valence electrons. The molecule has 1 fully saturated rings. The number of rotatable bonds is 6. The molecule has 0 saturated carbocycles. The number of ether oxygens (including phenoxy) is 5. The number of esters is 4. The summed E-state index contributed by atoms with van der Waals surface area (Å²) in [6, 6.07) is 0. The molecule has 0 aromatic heterocycles. The Bertz CT molecular complexity index is 473. The summed E-state index contributed by atoms with van der Waals surface area (Å²) in [4.78, 5) is 44.6. The number of hydrogen-bond donors (Lipinski definition) is 0. The van der Waals surface area contributed by atoms with Crippen molar-refractivity contribution in [1.82, 2.24) is 0 Å². The first-order chi connectivity index (χ1) is 10.7. The van der Waals surface area contributed by atoms with Gasteiger partial charge in [-0.3, -0.25) is 19.2 Å². The first-order valence-electron chi connectivity index (χ1n) is 6.97. The van der Waals surface area contributed by atoms with Crippen molar-refractivity contribution in [3.63, 3.8) is 0 Å². The van der Waals surface area contributed by atoms with Gasteiger partial charge in [-0.25, -0.2) is 0 Å². The molecule has 0 aliphatic carbocycles. The monoisotopic (exact) mass is 332 g/mol. The van der Waals surface area contributed by atoms with Crippen LogP contribution in [0.1, 0.15) is 27.7 Å². The van der Waals surface area contributed by atoms with Crippen molar-refractivity contribution in [2.24, 2.45) is 0 Å². The van der Waals surface area contributed by atoms with E-state index >= 15 is 0 Å². The molecular weight excluding hydrogens is 312 g/mol. The van der Waals surface area contributed by atoms with Crippen molar-refractivity contribution < 1.29 is 42.9 Å². The van der Waals surface area contributed by atoms with Crippen LogP contribution in [-0.2, 0) is 42.9 Å². The minimum absolute atomic E-state index is 0.0416. The lowest BCUT2D eigenvalue weighted by molar-refractivity contribution is -0.176. The summed E-state index contributed by atoms with van der Waals surface area (Å²) in [7, 11) is 0. The fraction of sp³-hybridized carbons (Fsp3) is 0.714. The smallest absolute Gasteiger partial charge is 0.303 e. The standard InChI is InChI=1S/C14H20O9/c1-7(15)19-5-11(21-8(2)16)13-14(23-10(4)18)12(6-20-13)22-9(3)17/h11-14H,5-6H2,1-4H3/t11-,12-,13-,14-/m1/s1. The molecule has 23 heavy (non-hydrogen) atoms. The topological polar surface area (TPSA) is 114 Å². The summed E-state index contributed by atoms with van der Waals surface area (Å²) in [6.07, 6.45) is -3.74. The van der Waals surface area contributed by atoms with Crippen LogP contribution in [-0.4, -0.2) is 61.5 Å². The molecule has 0 radical (unpaired) electrons. The van der Waals surface area contributed by atoms with E-state index in [1.54, 1.807) is 0 Å². The van der Waals surface area contributed by atoms with Crippen molar-refractivity contribution in [3.05, 3.63) is 0 Å². The quantitative estimate of drug-likeness (QED) is 0.479. The predicted molar refractivity (Wildman–Crippen MR) is 73.0 cm³/mol. The van der Waals surface area contributed by atoms with Crippen LogP contribution in [0.4, 0.5) is 0 Å². The van der Waals surface area contributed by atoms with Gasteiger partial charge in [-0.1, -0.05) is 0 Å². The third-order valence-corrected chi connectivity index (χ3v) is 2.90. The predicted octanol–water partition coefficient (Wildman–Crippen LogP) is -0.257. The highest BCUT2D eigenvalue weighted by molar-refractivity contribution is 5.68. The highest BCUT2D eigenvalue weighted by Crippen LogP contribution is 2.25. The second-order valence-corrected chi connectivity index (χ2v) is 4.97. The van der Waals surface area contributed by atoms with Crippen molar-refractivity contribution in [1.29, 1.82) is 0 Å². The van der Waals surface area contributed by atoms with Gasteiger partial charge >= 0.3 is 23.9 Å². The van der Waals surface area contributed by atoms with Gasteiger partial charge in [-0.15, -0.1) is 0 Å². The molecule has 4 atom stereocenters. The minimum atomic E-state index is -0.999. The first kappa shape index (κ1) is 18.9. The zero-order valence-corrected chi connectivity index (χ0v) is 13.4. The Morgan fingerprint density at radius 3 is 2.04 bits per heavy atom. The van der Waals surface area contributed by atoms with Gasteiger partial charge in [0.15, 0.2) is 18.3 Å². The van der Waals surface area contributed by atoms with Gasteiger partial charge in [0.05, 0.1) is 6.61 Å². The van der Waals surface area contributed by atoms with Crippen molar-refractivity contribution in [2.75, 3.05) is 13.2 Å². The first-order valence-corrected chi connectivity index (χ1v) is 6.97. The average Bonchev–Trinajstić information content (AvgIpc) is 2.75. The van der Waals surface area contributed by atoms with E-state index in [2.05, 4.69) is 0 Å². The molecule has 0 aromatic carbocycles. The highest BCUT2D eigenvalue weighted by atomic mass is 16.7. The summed E-state index contributed by atoms with van der Waals surface area (Å²) in [5.41, 5.74) is 0. The Morgan fingerprint density at radius 1 is 0.957 bits per heavy atom. The van der Waals surface area contributed by atoms with E-state index in [1.165, 1.54) is 27.7 Å². The Morgan fingerprint density at radius 2 is 1.57 bits per heavy atom. The molecule has 1 heterocycles. The highest BCUT2D eigenvalue weighted by Gasteiger charge is 2.47. The summed E-state index contributed by atoms with van der Waals surface area (Å²) in [5, 5.41) is 0. The van der Waals surface area contributed by atoms with Gasteiger partial charge in [0, 0.05) is 27.7 Å². The van der Waals surface area contributed by atoms with Gasteiger partial charge in [-0.2, -0.15) is 0 Å². The van der Waals surface area contributed by atoms with Crippen LogP contribution in [0, 0.1) is 0 Å². The normalized spacial score (nSPS) is 24.4. The maximum Gasteiger partial charge on any atom is 0.303 e. The SMILES string of the molecule is CC(=O)OC[C@@H](OC(C)=O)[C@H]1OC[C@@H](OC(C)=O)[C@H]1OC(C)=O. The second-order valence-electron chi connectivity index (χ2n) is 4.97. The van der Waals surface area contributed by atoms with Gasteiger partial charge in [-0.05, 0) is 0 Å². The zero-order chi connectivity index (χ0) is 17.6. The molecule has 9 heteroatoms. The molecule has 0 N–H and O–H groups in total. The average molecular weight is 332 g/mol. The van der Waals surface area contributed by atoms with E-state index in [0.717, 1.165) is 0 Å². The van der Waals surface area contributed by atoms with Crippen LogP contribution in [0.15, 0.2) is 0 Å². The fourth-order valence-corrected chi connectivity index (χ4v) is 2.18. The van der Waals surface area contributed by atoms with E-state index in [1.807, 2.05) is 0 Å². The molecule has 0 aromatic rings. The summed E-state index contributed by atoms with van der Waals surface area (Å²) in [5.74, 6) is -2.37. The lowest BCUT2D eigenvalue weighted by Gasteiger charge is -2.27. The summed E-state index contributed by atoms with van der Waals surface area (Å²) in [6.45, 7) is 4.46. The molecule has 1 rings (SSSR count). The molecule has 0 unspecified atom stereocenters. The maximum atomic E-state index is 11.3. The van der Waals surface area contributed by atoms with Crippen molar-refractivity contribution >= 4 is 23.9 Å². The van der Waals surface area contributed by atoms with Crippen LogP contribution >= 0.6 is 0 Å². The van der Waals surface area contributed by atoms with E-state index in [4.69, 9.17) is 23.7 Å². The van der Waals surface area contributed by atoms with E-state index in [9.17, 15) is 19.2 Å². The van der Waals surface area contributed by atoms with Gasteiger partial charge in [0.1, 0.15) is 12.7 Å². The van der Waals surface area contributed by atoms with Gasteiger partial charge < -0.3 is 23.7 Å². The zero-order valence-electron chi connectivity index (χ0n) is 13.4. The van der Waals surface area contributed by atoms with Crippen LogP contribution in [0.5, 0.6) is 0 Å². The molecule has 1 saturated heterocycles. The Labute approximate surface area is 133 Å². The molecular formula is C14H20O9. The third kappa shape index (κ3) is 6.23. The summed E-state index contributed by atoms with van der Waals surface area (Å²) < 4.78 is 25.6. The second kappa shape index (κ2) is 8.47. The van der Waals surface area contributed by atoms with Crippen LogP contribution < -0.4 is 0 Å². The molecule has 0 amide bonds. The Kier molecular flexibility index (Phi) is 6.95. The molecule has 1 aliphatic rings. The maximum absolute atomic E-state index is 11.3. The fourth-order valence-electron chi connectivity index (χ4n) is 2.18.